The molecule has 27 heavy (non-hydrogen) atoms. The van der Waals surface area contributed by atoms with Crippen molar-refractivity contribution in [2.75, 3.05) is 31.3 Å². The van der Waals surface area contributed by atoms with Crippen molar-refractivity contribution < 1.29 is 28.5 Å². The van der Waals surface area contributed by atoms with Crippen LogP contribution in [0.5, 0.6) is 0 Å². The van der Waals surface area contributed by atoms with Gasteiger partial charge in [0.05, 0.1) is 22.7 Å². The maximum Gasteiger partial charge on any atom is 0.312 e. The predicted octanol–water partition coefficient (Wildman–Crippen LogP) is 3.16. The largest absolute Gasteiger partial charge is 0.459 e. The van der Waals surface area contributed by atoms with Crippen LogP contribution in [0.1, 0.15) is 39.0 Å². The van der Waals surface area contributed by atoms with Gasteiger partial charge >= 0.3 is 5.97 Å². The number of ether oxygens (including phenoxy) is 1. The lowest BCUT2D eigenvalue weighted by atomic mass is 9.49. The molecule has 1 heterocycles. The summed E-state index contributed by atoms with van der Waals surface area (Å²) in [4.78, 5) is 12.8. The van der Waals surface area contributed by atoms with E-state index in [0.717, 1.165) is 50.5 Å². The highest BCUT2D eigenvalue weighted by Gasteiger charge is 2.66. The number of thioether (sulfide) groups is 2. The van der Waals surface area contributed by atoms with Gasteiger partial charge < -0.3 is 14.9 Å². The van der Waals surface area contributed by atoms with Gasteiger partial charge in [0.15, 0.2) is 6.61 Å². The Morgan fingerprint density at radius 2 is 1.67 bits per heavy atom. The van der Waals surface area contributed by atoms with E-state index in [2.05, 4.69) is 0 Å². The average molecular weight is 423 g/mol. The molecule has 8 heteroatoms. The molecule has 0 aromatic rings. The maximum atomic E-state index is 13.2. The first-order valence-corrected chi connectivity index (χ1v) is 11.7. The summed E-state index contributed by atoms with van der Waals surface area (Å²) >= 11 is 3.71. The molecule has 2 N–H and O–H groups in total. The Kier molecular flexibility index (Phi) is 5.05. The summed E-state index contributed by atoms with van der Waals surface area (Å²) in [5.41, 5.74) is -1.02. The van der Waals surface area contributed by atoms with Crippen LogP contribution in [0.15, 0.2) is 0 Å². The van der Waals surface area contributed by atoms with E-state index in [-0.39, 0.29) is 17.3 Å². The van der Waals surface area contributed by atoms with Crippen LogP contribution in [0.3, 0.4) is 0 Å². The Balaban J connectivity index is 1.51. The van der Waals surface area contributed by atoms with Crippen molar-refractivity contribution in [1.82, 2.24) is 0 Å². The van der Waals surface area contributed by atoms with Crippen LogP contribution < -0.4 is 0 Å². The first-order chi connectivity index (χ1) is 12.7. The highest BCUT2D eigenvalue weighted by molar-refractivity contribution is 8.18. The van der Waals surface area contributed by atoms with Gasteiger partial charge in [-0.25, -0.2) is 8.78 Å². The molecule has 0 aromatic carbocycles. The first kappa shape index (κ1) is 20.2. The van der Waals surface area contributed by atoms with Gasteiger partial charge in [-0.3, -0.25) is 4.79 Å². The molecular weight excluding hydrogens is 394 g/mol. The molecule has 4 aliphatic carbocycles. The number of aliphatic hydroxyl groups is 2. The molecule has 4 saturated carbocycles. The fraction of sp³-hybridized carbons (Fsp3) is 0.947. The van der Waals surface area contributed by atoms with Gasteiger partial charge in [0.2, 0.25) is 0 Å². The zero-order chi connectivity index (χ0) is 19.5. The molecule has 5 fully saturated rings. The third-order valence-corrected chi connectivity index (χ3v) is 11.6. The SMILES string of the molecule is CC(F)(F)COC(=O)C12CC3CC(C1)C1(SCC(CO)(CO)CS1)C(C3)C2. The minimum absolute atomic E-state index is 0.0149. The third kappa shape index (κ3) is 3.32. The lowest BCUT2D eigenvalue weighted by Gasteiger charge is -2.65. The second-order valence-electron chi connectivity index (χ2n) is 9.39. The number of esters is 1. The van der Waals surface area contributed by atoms with E-state index in [9.17, 15) is 23.8 Å². The molecule has 4 nitrogen and oxygen atoms in total. The first-order valence-electron chi connectivity index (χ1n) is 9.71. The number of hydrogen-bond acceptors (Lipinski definition) is 6. The molecule has 2 unspecified atom stereocenters. The zero-order valence-corrected chi connectivity index (χ0v) is 17.2. The molecule has 0 radical (unpaired) electrons. The smallest absolute Gasteiger partial charge is 0.312 e. The van der Waals surface area contributed by atoms with E-state index >= 15 is 0 Å². The van der Waals surface area contributed by atoms with Crippen molar-refractivity contribution >= 4 is 29.5 Å². The van der Waals surface area contributed by atoms with Crippen LogP contribution >= 0.6 is 23.5 Å². The summed E-state index contributed by atoms with van der Waals surface area (Å²) in [6.45, 7) is -0.0886. The summed E-state index contributed by atoms with van der Waals surface area (Å²) in [6, 6.07) is 0. The Morgan fingerprint density at radius 1 is 1.11 bits per heavy atom. The minimum Gasteiger partial charge on any atom is -0.459 e. The minimum atomic E-state index is -2.99. The summed E-state index contributed by atoms with van der Waals surface area (Å²) in [6.07, 6.45) is 4.39. The van der Waals surface area contributed by atoms with Crippen molar-refractivity contribution in [3.05, 3.63) is 0 Å². The normalized spacial score (nSPS) is 38.9. The van der Waals surface area contributed by atoms with E-state index in [1.807, 2.05) is 23.5 Å². The van der Waals surface area contributed by atoms with E-state index in [1.54, 1.807) is 0 Å². The lowest BCUT2D eigenvalue weighted by molar-refractivity contribution is -0.180. The van der Waals surface area contributed by atoms with E-state index in [0.29, 0.717) is 17.8 Å². The number of aliphatic hydroxyl groups excluding tert-OH is 2. The highest BCUT2D eigenvalue weighted by Crippen LogP contribution is 2.72. The molecule has 0 aromatic heterocycles. The molecule has 154 valence electrons. The van der Waals surface area contributed by atoms with Crippen LogP contribution in [0.25, 0.3) is 0 Å². The monoisotopic (exact) mass is 422 g/mol. The van der Waals surface area contributed by atoms with Gasteiger partial charge in [0.1, 0.15) is 0 Å². The molecule has 1 spiro atoms. The number of carbonyl (C=O) groups is 1. The molecule has 5 rings (SSSR count). The number of halogens is 2. The number of carbonyl (C=O) groups excluding carboxylic acids is 1. The van der Waals surface area contributed by atoms with Crippen molar-refractivity contribution in [3.63, 3.8) is 0 Å². The maximum absolute atomic E-state index is 13.2. The van der Waals surface area contributed by atoms with Crippen molar-refractivity contribution in [2.45, 2.75) is 49.0 Å². The summed E-state index contributed by atoms with van der Waals surface area (Å²) in [7, 11) is 0. The number of alkyl halides is 2. The quantitative estimate of drug-likeness (QED) is 0.664. The molecule has 4 bridgehead atoms. The summed E-state index contributed by atoms with van der Waals surface area (Å²) in [5.74, 6) is -0.760. The second-order valence-corrected chi connectivity index (χ2v) is 12.1. The van der Waals surface area contributed by atoms with Crippen LogP contribution in [-0.4, -0.2) is 57.5 Å². The Hall–Kier alpha value is -0.0500. The van der Waals surface area contributed by atoms with Crippen LogP contribution in [-0.2, 0) is 9.53 Å². The van der Waals surface area contributed by atoms with Crippen molar-refractivity contribution in [3.8, 4) is 0 Å². The standard InChI is InChI=1S/C19H28F2O4S2/c1-16(20,21)9-25-15(24)18-4-12-2-13(5-18)19(14(3-12)6-18)26-10-17(7-22,8-23)11-27-19/h12-14,22-23H,2-11H2,1H3. The summed E-state index contributed by atoms with van der Waals surface area (Å²) < 4.78 is 31.4. The van der Waals surface area contributed by atoms with Crippen LogP contribution in [0.4, 0.5) is 8.78 Å². The fourth-order valence-electron chi connectivity index (χ4n) is 5.84. The topological polar surface area (TPSA) is 66.8 Å². The number of hydrogen-bond donors (Lipinski definition) is 2. The lowest BCUT2D eigenvalue weighted by Crippen LogP contribution is -2.62. The molecule has 1 saturated heterocycles. The van der Waals surface area contributed by atoms with Gasteiger partial charge in [0.25, 0.3) is 5.92 Å². The molecule has 5 aliphatic rings. The van der Waals surface area contributed by atoms with Gasteiger partial charge in [-0.1, -0.05) is 0 Å². The predicted molar refractivity (Wildman–Crippen MR) is 102 cm³/mol. The number of rotatable bonds is 5. The van der Waals surface area contributed by atoms with Gasteiger partial charge in [-0.15, -0.1) is 23.5 Å². The zero-order valence-electron chi connectivity index (χ0n) is 15.6. The Bertz CT molecular complexity index is 577. The average Bonchev–Trinajstić information content (AvgIpc) is 2.63. The molecular formula is C19H28F2O4S2. The van der Waals surface area contributed by atoms with E-state index < -0.39 is 29.3 Å². The Morgan fingerprint density at radius 3 is 2.15 bits per heavy atom. The summed E-state index contributed by atoms with van der Waals surface area (Å²) in [5, 5.41) is 19.4. The Labute approximate surface area is 167 Å². The molecule has 0 amide bonds. The van der Waals surface area contributed by atoms with Crippen molar-refractivity contribution in [1.29, 1.82) is 0 Å². The van der Waals surface area contributed by atoms with Gasteiger partial charge in [-0.05, 0) is 49.9 Å². The fourth-order valence-corrected chi connectivity index (χ4v) is 9.95. The van der Waals surface area contributed by atoms with Crippen LogP contribution in [0.2, 0.25) is 0 Å². The third-order valence-electron chi connectivity index (χ3n) is 7.10. The van der Waals surface area contributed by atoms with Gasteiger partial charge in [-0.2, -0.15) is 0 Å². The van der Waals surface area contributed by atoms with Gasteiger partial charge in [0, 0.05) is 23.8 Å². The highest BCUT2D eigenvalue weighted by atomic mass is 32.2. The molecule has 2 atom stereocenters. The molecule has 1 aliphatic heterocycles. The van der Waals surface area contributed by atoms with E-state index in [4.69, 9.17) is 4.74 Å². The van der Waals surface area contributed by atoms with Crippen LogP contribution in [0, 0.1) is 28.6 Å². The van der Waals surface area contributed by atoms with E-state index in [1.165, 1.54) is 0 Å². The second kappa shape index (κ2) is 6.74. The van der Waals surface area contributed by atoms with Crippen molar-refractivity contribution in [2.24, 2.45) is 28.6 Å².